The lowest BCUT2D eigenvalue weighted by Gasteiger charge is -2.22. The Morgan fingerprint density at radius 3 is 2.68 bits per heavy atom. The molecule has 0 radical (unpaired) electrons. The van der Waals surface area contributed by atoms with Crippen LogP contribution in [-0.4, -0.2) is 45.8 Å². The molecule has 19 heavy (non-hydrogen) atoms. The smallest absolute Gasteiger partial charge is 0.374 e. The number of anilines is 1. The van der Waals surface area contributed by atoms with E-state index in [4.69, 9.17) is 10.2 Å². The van der Waals surface area contributed by atoms with Crippen molar-refractivity contribution in [1.82, 2.24) is 9.97 Å². The Hall–Kier alpha value is -2.21. The molecule has 1 aromatic heterocycles. The second-order valence-corrected chi connectivity index (χ2v) is 4.00. The van der Waals surface area contributed by atoms with Gasteiger partial charge < -0.3 is 15.1 Å². The number of aromatic carboxylic acids is 1. The highest BCUT2D eigenvalue weighted by atomic mass is 16.4. The summed E-state index contributed by atoms with van der Waals surface area (Å²) in [5, 5.41) is 18.9. The number of rotatable bonds is 5. The largest absolute Gasteiger partial charge is 0.475 e. The van der Waals surface area contributed by atoms with Gasteiger partial charge in [0, 0.05) is 18.5 Å². The molecule has 6 nitrogen and oxygen atoms in total. The first-order chi connectivity index (χ1) is 9.17. The maximum Gasteiger partial charge on any atom is 0.374 e. The first kappa shape index (κ1) is 13.2. The second-order valence-electron chi connectivity index (χ2n) is 4.00. The molecule has 1 heterocycles. The van der Waals surface area contributed by atoms with E-state index in [1.165, 1.54) is 0 Å². The molecule has 0 spiro atoms. The van der Waals surface area contributed by atoms with Gasteiger partial charge in [-0.05, 0) is 19.1 Å². The van der Waals surface area contributed by atoms with Crippen LogP contribution >= 0.6 is 0 Å². The number of aliphatic hydroxyl groups excluding tert-OH is 1. The molecule has 0 aliphatic carbocycles. The minimum Gasteiger partial charge on any atom is -0.475 e. The molecular formula is C13H15N3O3. The number of aliphatic hydroxyl groups is 1. The van der Waals surface area contributed by atoms with Crippen LogP contribution in [0.4, 0.5) is 5.82 Å². The Bertz CT molecular complexity index is 601. The summed E-state index contributed by atoms with van der Waals surface area (Å²) in [5.41, 5.74) is 0.585. The van der Waals surface area contributed by atoms with Crippen molar-refractivity contribution in [3.05, 3.63) is 30.1 Å². The first-order valence-electron chi connectivity index (χ1n) is 6.03. The van der Waals surface area contributed by atoms with Crippen molar-refractivity contribution < 1.29 is 15.0 Å². The Morgan fingerprint density at radius 1 is 1.32 bits per heavy atom. The van der Waals surface area contributed by atoms with Crippen LogP contribution in [0.2, 0.25) is 0 Å². The van der Waals surface area contributed by atoms with E-state index in [0.717, 1.165) is 5.39 Å². The molecule has 0 aliphatic rings. The summed E-state index contributed by atoms with van der Waals surface area (Å²) in [5.74, 6) is -0.850. The number of aromatic nitrogens is 2. The van der Waals surface area contributed by atoms with E-state index in [2.05, 4.69) is 9.97 Å². The topological polar surface area (TPSA) is 86.5 Å². The molecule has 0 unspecified atom stereocenters. The minimum absolute atomic E-state index is 0.0193. The SMILES string of the molecule is CCN(CCO)c1nc(C(=O)O)nc2ccccc12. The van der Waals surface area contributed by atoms with E-state index in [1.54, 1.807) is 12.1 Å². The Labute approximate surface area is 110 Å². The maximum atomic E-state index is 11.1. The fourth-order valence-electron chi connectivity index (χ4n) is 1.93. The van der Waals surface area contributed by atoms with Crippen LogP contribution in [0.15, 0.2) is 24.3 Å². The highest BCUT2D eigenvalue weighted by Crippen LogP contribution is 2.23. The fraction of sp³-hybridized carbons (Fsp3) is 0.308. The molecule has 0 fully saturated rings. The maximum absolute atomic E-state index is 11.1. The van der Waals surface area contributed by atoms with Gasteiger partial charge >= 0.3 is 5.97 Å². The Morgan fingerprint density at radius 2 is 2.05 bits per heavy atom. The number of carbonyl (C=O) groups is 1. The van der Waals surface area contributed by atoms with Gasteiger partial charge in [-0.2, -0.15) is 0 Å². The number of benzene rings is 1. The first-order valence-corrected chi connectivity index (χ1v) is 6.03. The zero-order valence-corrected chi connectivity index (χ0v) is 10.6. The van der Waals surface area contributed by atoms with Crippen molar-refractivity contribution in [2.75, 3.05) is 24.6 Å². The molecule has 0 amide bonds. The summed E-state index contributed by atoms with van der Waals surface area (Å²) in [6.07, 6.45) is 0. The zero-order valence-electron chi connectivity index (χ0n) is 10.6. The van der Waals surface area contributed by atoms with E-state index in [9.17, 15) is 4.79 Å². The van der Waals surface area contributed by atoms with Crippen LogP contribution in [0.5, 0.6) is 0 Å². The second kappa shape index (κ2) is 5.62. The molecule has 0 aliphatic heterocycles. The molecule has 100 valence electrons. The van der Waals surface area contributed by atoms with Gasteiger partial charge in [0.05, 0.1) is 12.1 Å². The fourth-order valence-corrected chi connectivity index (χ4v) is 1.93. The van der Waals surface area contributed by atoms with Gasteiger partial charge in [-0.25, -0.2) is 14.8 Å². The lowest BCUT2D eigenvalue weighted by atomic mass is 10.2. The normalized spacial score (nSPS) is 10.6. The molecule has 0 bridgehead atoms. The van der Waals surface area contributed by atoms with Crippen LogP contribution in [-0.2, 0) is 0 Å². The summed E-state index contributed by atoms with van der Waals surface area (Å²) >= 11 is 0. The third kappa shape index (κ3) is 2.63. The van der Waals surface area contributed by atoms with Crippen molar-refractivity contribution in [1.29, 1.82) is 0 Å². The van der Waals surface area contributed by atoms with Crippen molar-refractivity contribution in [3.63, 3.8) is 0 Å². The standard InChI is InChI=1S/C13H15N3O3/c1-2-16(7-8-17)12-9-5-3-4-6-10(9)14-11(15-12)13(18)19/h3-6,17H,2,7-8H2,1H3,(H,18,19). The number of carboxylic acids is 1. The lowest BCUT2D eigenvalue weighted by Crippen LogP contribution is -2.28. The number of hydrogen-bond acceptors (Lipinski definition) is 5. The number of nitrogens with zero attached hydrogens (tertiary/aromatic N) is 3. The van der Waals surface area contributed by atoms with Crippen molar-refractivity contribution >= 4 is 22.7 Å². The van der Waals surface area contributed by atoms with E-state index >= 15 is 0 Å². The van der Waals surface area contributed by atoms with Gasteiger partial charge in [-0.3, -0.25) is 0 Å². The molecule has 2 N–H and O–H groups in total. The van der Waals surface area contributed by atoms with Gasteiger partial charge in [0.2, 0.25) is 5.82 Å². The molecule has 2 aromatic rings. The summed E-state index contributed by atoms with van der Waals surface area (Å²) in [6.45, 7) is 2.93. The Kier molecular flexibility index (Phi) is 3.91. The van der Waals surface area contributed by atoms with Crippen LogP contribution < -0.4 is 4.90 Å². The molecule has 1 aromatic carbocycles. The molecule has 0 saturated heterocycles. The highest BCUT2D eigenvalue weighted by Gasteiger charge is 2.16. The average Bonchev–Trinajstić information content (AvgIpc) is 2.43. The van der Waals surface area contributed by atoms with Gasteiger partial charge in [-0.15, -0.1) is 0 Å². The van der Waals surface area contributed by atoms with Gasteiger partial charge in [0.25, 0.3) is 0 Å². The minimum atomic E-state index is -1.16. The van der Waals surface area contributed by atoms with Crippen LogP contribution in [0.3, 0.4) is 0 Å². The third-order valence-electron chi connectivity index (χ3n) is 2.83. The lowest BCUT2D eigenvalue weighted by molar-refractivity contribution is 0.0684. The molecule has 2 rings (SSSR count). The zero-order chi connectivity index (χ0) is 13.8. The number of carboxylic acid groups (broad SMARTS) is 1. The Balaban J connectivity index is 2.65. The van der Waals surface area contributed by atoms with Gasteiger partial charge in [0.15, 0.2) is 0 Å². The summed E-state index contributed by atoms with van der Waals surface area (Å²) in [7, 11) is 0. The van der Waals surface area contributed by atoms with E-state index in [1.807, 2.05) is 24.0 Å². The molecule has 6 heteroatoms. The van der Waals surface area contributed by atoms with Crippen molar-refractivity contribution in [2.45, 2.75) is 6.92 Å². The van der Waals surface area contributed by atoms with Crippen molar-refractivity contribution in [2.24, 2.45) is 0 Å². The number of likely N-dealkylation sites (N-methyl/N-ethyl adjacent to an activating group) is 1. The summed E-state index contributed by atoms with van der Waals surface area (Å²) in [6, 6.07) is 7.24. The molecule has 0 atom stereocenters. The van der Waals surface area contributed by atoms with Crippen LogP contribution in [0.1, 0.15) is 17.5 Å². The van der Waals surface area contributed by atoms with Gasteiger partial charge in [0.1, 0.15) is 5.82 Å². The van der Waals surface area contributed by atoms with Crippen LogP contribution in [0.25, 0.3) is 10.9 Å². The van der Waals surface area contributed by atoms with E-state index < -0.39 is 5.97 Å². The predicted octanol–water partition coefficient (Wildman–Crippen LogP) is 1.15. The monoisotopic (exact) mass is 261 g/mol. The average molecular weight is 261 g/mol. The van der Waals surface area contributed by atoms with E-state index in [-0.39, 0.29) is 12.4 Å². The molecule has 0 saturated carbocycles. The highest BCUT2D eigenvalue weighted by molar-refractivity contribution is 5.93. The van der Waals surface area contributed by atoms with Gasteiger partial charge in [-0.1, -0.05) is 12.1 Å². The molecular weight excluding hydrogens is 246 g/mol. The predicted molar refractivity (Wildman–Crippen MR) is 71.5 cm³/mol. The number of fused-ring (bicyclic) bond motifs is 1. The van der Waals surface area contributed by atoms with Crippen molar-refractivity contribution in [3.8, 4) is 0 Å². The summed E-state index contributed by atoms with van der Waals surface area (Å²) < 4.78 is 0. The number of hydrogen-bond donors (Lipinski definition) is 2. The van der Waals surface area contributed by atoms with E-state index in [0.29, 0.717) is 24.4 Å². The van der Waals surface area contributed by atoms with Crippen LogP contribution in [0, 0.1) is 0 Å². The third-order valence-corrected chi connectivity index (χ3v) is 2.83. The summed E-state index contributed by atoms with van der Waals surface area (Å²) in [4.78, 5) is 21.0. The quantitative estimate of drug-likeness (QED) is 0.839. The number of para-hydroxylation sites is 1.